The Labute approximate surface area is 147 Å². The predicted octanol–water partition coefficient (Wildman–Crippen LogP) is 4.91. The molecule has 0 aliphatic rings. The molecule has 0 radical (unpaired) electrons. The smallest absolute Gasteiger partial charge is 0.316 e. The molecule has 0 amide bonds. The highest BCUT2D eigenvalue weighted by atomic mass is 32.2. The van der Waals surface area contributed by atoms with Crippen molar-refractivity contribution < 1.29 is 9.90 Å². The molecule has 1 atom stereocenters. The molecule has 0 aliphatic heterocycles. The normalized spacial score (nSPS) is 11.6. The number of carboxylic acid groups (broad SMARTS) is 1. The van der Waals surface area contributed by atoms with Crippen molar-refractivity contribution in [2.24, 2.45) is 0 Å². The quantitative estimate of drug-likeness (QED) is 0.521. The molecule has 0 aromatic heterocycles. The van der Waals surface area contributed by atoms with Crippen molar-refractivity contribution in [2.75, 3.05) is 0 Å². The Morgan fingerprint density at radius 2 is 1.75 bits per heavy atom. The van der Waals surface area contributed by atoms with Gasteiger partial charge in [-0.3, -0.25) is 4.79 Å². The molecule has 0 bridgehead atoms. The number of rotatable bonds is 9. The maximum Gasteiger partial charge on any atom is 0.316 e. The molecule has 1 unspecified atom stereocenters. The summed E-state index contributed by atoms with van der Waals surface area (Å²) >= 11 is 1.36. The number of carboxylic acids is 1. The van der Waals surface area contributed by atoms with Gasteiger partial charge in [0.25, 0.3) is 0 Å². The molecule has 2 rings (SSSR count). The second-order valence-electron chi connectivity index (χ2n) is 5.67. The molecular weight excluding hydrogens is 318 g/mol. The van der Waals surface area contributed by atoms with Crippen LogP contribution in [0.5, 0.6) is 0 Å². The van der Waals surface area contributed by atoms with Crippen LogP contribution in [0.4, 0.5) is 0 Å². The van der Waals surface area contributed by atoms with Crippen LogP contribution in [0.2, 0.25) is 0 Å². The summed E-state index contributed by atoms with van der Waals surface area (Å²) in [5.74, 6) is -0.771. The van der Waals surface area contributed by atoms with E-state index in [2.05, 4.69) is 18.2 Å². The maximum absolute atomic E-state index is 11.4. The van der Waals surface area contributed by atoms with Crippen LogP contribution in [0.25, 0.3) is 0 Å². The number of hydrogen-bond acceptors (Lipinski definition) is 3. The van der Waals surface area contributed by atoms with Gasteiger partial charge in [0.1, 0.15) is 5.25 Å². The number of carbonyl (C=O) groups is 1. The minimum Gasteiger partial charge on any atom is -0.480 e. The van der Waals surface area contributed by atoms with Gasteiger partial charge in [-0.05, 0) is 49.1 Å². The number of unbranched alkanes of at least 4 members (excludes halogenated alkanes) is 2. The topological polar surface area (TPSA) is 61.1 Å². The Morgan fingerprint density at radius 3 is 2.38 bits per heavy atom. The third kappa shape index (κ3) is 6.10. The number of aliphatic carboxylic acids is 1. The van der Waals surface area contributed by atoms with Crippen molar-refractivity contribution in [2.45, 2.75) is 42.2 Å². The summed E-state index contributed by atoms with van der Waals surface area (Å²) in [6, 6.07) is 19.5. The van der Waals surface area contributed by atoms with Crippen molar-refractivity contribution in [3.63, 3.8) is 0 Å². The fourth-order valence-electron chi connectivity index (χ4n) is 2.49. The number of nitriles is 1. The van der Waals surface area contributed by atoms with Crippen molar-refractivity contribution in [1.29, 1.82) is 5.26 Å². The molecule has 0 spiro atoms. The van der Waals surface area contributed by atoms with Gasteiger partial charge in [-0.1, -0.05) is 43.2 Å². The van der Waals surface area contributed by atoms with Gasteiger partial charge in [0, 0.05) is 4.90 Å². The average Bonchev–Trinajstić information content (AvgIpc) is 2.61. The van der Waals surface area contributed by atoms with Crippen molar-refractivity contribution in [3.8, 4) is 6.07 Å². The Balaban J connectivity index is 1.74. The zero-order valence-electron chi connectivity index (χ0n) is 13.5. The number of thioether (sulfide) groups is 1. The van der Waals surface area contributed by atoms with Crippen LogP contribution in [-0.2, 0) is 11.2 Å². The molecule has 24 heavy (non-hydrogen) atoms. The van der Waals surface area contributed by atoms with Crippen LogP contribution in [-0.4, -0.2) is 16.3 Å². The van der Waals surface area contributed by atoms with E-state index in [9.17, 15) is 9.90 Å². The zero-order valence-corrected chi connectivity index (χ0v) is 14.3. The van der Waals surface area contributed by atoms with E-state index in [1.807, 2.05) is 30.3 Å². The molecule has 0 heterocycles. The molecule has 0 aliphatic carbocycles. The molecule has 0 saturated carbocycles. The first kappa shape index (κ1) is 18.1. The minimum atomic E-state index is -0.771. The molecule has 0 saturated heterocycles. The van der Waals surface area contributed by atoms with E-state index in [4.69, 9.17) is 5.26 Å². The van der Waals surface area contributed by atoms with Gasteiger partial charge in [-0.2, -0.15) is 5.26 Å². The second kappa shape index (κ2) is 9.79. The van der Waals surface area contributed by atoms with Gasteiger partial charge < -0.3 is 5.11 Å². The third-order valence-electron chi connectivity index (χ3n) is 3.81. The Bertz CT molecular complexity index is 677. The second-order valence-corrected chi connectivity index (χ2v) is 6.94. The SMILES string of the molecule is N#Cc1ccc(SC(CCCCCc2ccccc2)C(=O)O)cc1. The highest BCUT2D eigenvalue weighted by Gasteiger charge is 2.18. The lowest BCUT2D eigenvalue weighted by molar-refractivity contribution is -0.136. The number of aryl methyl sites for hydroxylation is 1. The van der Waals surface area contributed by atoms with E-state index < -0.39 is 11.2 Å². The fourth-order valence-corrected chi connectivity index (χ4v) is 3.49. The monoisotopic (exact) mass is 339 g/mol. The van der Waals surface area contributed by atoms with Crippen LogP contribution in [0.3, 0.4) is 0 Å². The lowest BCUT2D eigenvalue weighted by Gasteiger charge is -2.12. The Morgan fingerprint density at radius 1 is 1.04 bits per heavy atom. The first-order chi connectivity index (χ1) is 11.7. The molecule has 1 N–H and O–H groups in total. The van der Waals surface area contributed by atoms with Gasteiger partial charge in [0.05, 0.1) is 11.6 Å². The third-order valence-corrected chi connectivity index (χ3v) is 5.08. The van der Waals surface area contributed by atoms with Crippen LogP contribution in [0.15, 0.2) is 59.5 Å². The van der Waals surface area contributed by atoms with Gasteiger partial charge in [0.15, 0.2) is 0 Å². The number of hydrogen-bond donors (Lipinski definition) is 1. The first-order valence-corrected chi connectivity index (χ1v) is 9.00. The fraction of sp³-hybridized carbons (Fsp3) is 0.300. The predicted molar refractivity (Wildman–Crippen MR) is 97.1 cm³/mol. The van der Waals surface area contributed by atoms with Crippen molar-refractivity contribution in [3.05, 3.63) is 65.7 Å². The van der Waals surface area contributed by atoms with Crippen LogP contribution in [0, 0.1) is 11.3 Å². The average molecular weight is 339 g/mol. The molecular formula is C20H21NO2S. The van der Waals surface area contributed by atoms with Crippen LogP contribution >= 0.6 is 11.8 Å². The van der Waals surface area contributed by atoms with E-state index in [0.29, 0.717) is 12.0 Å². The van der Waals surface area contributed by atoms with Crippen LogP contribution in [0.1, 0.15) is 36.8 Å². The van der Waals surface area contributed by atoms with E-state index in [-0.39, 0.29) is 0 Å². The molecule has 3 nitrogen and oxygen atoms in total. The van der Waals surface area contributed by atoms with Gasteiger partial charge in [-0.25, -0.2) is 0 Å². The summed E-state index contributed by atoms with van der Waals surface area (Å²) in [7, 11) is 0. The van der Waals surface area contributed by atoms with Gasteiger partial charge in [-0.15, -0.1) is 11.8 Å². The molecule has 2 aromatic rings. The summed E-state index contributed by atoms with van der Waals surface area (Å²) in [4.78, 5) is 12.3. The summed E-state index contributed by atoms with van der Waals surface area (Å²) in [5, 5.41) is 17.8. The Hall–Kier alpha value is -2.25. The summed E-state index contributed by atoms with van der Waals surface area (Å²) in [5.41, 5.74) is 1.92. The van der Waals surface area contributed by atoms with Crippen LogP contribution < -0.4 is 0 Å². The maximum atomic E-state index is 11.4. The van der Waals surface area contributed by atoms with E-state index in [1.54, 1.807) is 12.1 Å². The lowest BCUT2D eigenvalue weighted by atomic mass is 10.1. The van der Waals surface area contributed by atoms with Crippen molar-refractivity contribution >= 4 is 17.7 Å². The summed E-state index contributed by atoms with van der Waals surface area (Å²) in [6.07, 6.45) is 4.73. The zero-order chi connectivity index (χ0) is 17.2. The standard InChI is InChI=1S/C20H21NO2S/c21-15-17-11-13-18(14-12-17)24-19(20(22)23)10-6-2-5-9-16-7-3-1-4-8-16/h1,3-4,7-8,11-14,19H,2,5-6,9-10H2,(H,22,23). The van der Waals surface area contributed by atoms with E-state index >= 15 is 0 Å². The summed E-state index contributed by atoms with van der Waals surface area (Å²) < 4.78 is 0. The molecule has 0 fully saturated rings. The van der Waals surface area contributed by atoms with E-state index in [0.717, 1.165) is 30.6 Å². The molecule has 124 valence electrons. The van der Waals surface area contributed by atoms with Crippen molar-refractivity contribution in [1.82, 2.24) is 0 Å². The number of nitrogens with zero attached hydrogens (tertiary/aromatic N) is 1. The van der Waals surface area contributed by atoms with E-state index in [1.165, 1.54) is 17.3 Å². The van der Waals surface area contributed by atoms with Gasteiger partial charge in [0.2, 0.25) is 0 Å². The highest BCUT2D eigenvalue weighted by molar-refractivity contribution is 8.00. The lowest BCUT2D eigenvalue weighted by Crippen LogP contribution is -2.16. The molecule has 2 aromatic carbocycles. The van der Waals surface area contributed by atoms with Gasteiger partial charge >= 0.3 is 5.97 Å². The number of benzene rings is 2. The largest absolute Gasteiger partial charge is 0.480 e. The Kier molecular flexibility index (Phi) is 7.38. The minimum absolute atomic E-state index is 0.435. The first-order valence-electron chi connectivity index (χ1n) is 8.12. The molecule has 4 heteroatoms. The summed E-state index contributed by atoms with van der Waals surface area (Å²) in [6.45, 7) is 0. The highest BCUT2D eigenvalue weighted by Crippen LogP contribution is 2.27.